The lowest BCUT2D eigenvalue weighted by Gasteiger charge is -2.22. The second-order valence-corrected chi connectivity index (χ2v) is 6.86. The molecular formula is C20H19FN6. The Morgan fingerprint density at radius 3 is 2.67 bits per heavy atom. The average molecular weight is 362 g/mol. The minimum atomic E-state index is -0.484. The normalized spacial score (nSPS) is 15.4. The highest BCUT2D eigenvalue weighted by Gasteiger charge is 2.17. The lowest BCUT2D eigenvalue weighted by molar-refractivity contribution is 0.343. The van der Waals surface area contributed by atoms with Gasteiger partial charge in [0, 0.05) is 47.0 Å². The maximum absolute atomic E-state index is 13.2. The second-order valence-electron chi connectivity index (χ2n) is 6.86. The van der Waals surface area contributed by atoms with E-state index in [1.807, 2.05) is 23.0 Å². The molecule has 1 aliphatic heterocycles. The van der Waals surface area contributed by atoms with Crippen molar-refractivity contribution >= 4 is 5.52 Å². The topological polar surface area (TPSA) is 60.0 Å². The molecule has 0 aliphatic carbocycles. The first-order valence-corrected chi connectivity index (χ1v) is 9.12. The molecule has 0 spiro atoms. The average Bonchev–Trinajstić information content (AvgIpc) is 3.38. The van der Waals surface area contributed by atoms with Gasteiger partial charge in [0.25, 0.3) is 0 Å². The van der Waals surface area contributed by atoms with Crippen LogP contribution in [0.3, 0.4) is 0 Å². The van der Waals surface area contributed by atoms with Crippen molar-refractivity contribution in [2.24, 2.45) is 0 Å². The number of aromatic nitrogens is 5. The Morgan fingerprint density at radius 2 is 1.85 bits per heavy atom. The number of piperidine rings is 1. The molecule has 1 fully saturated rings. The molecule has 0 saturated carbocycles. The van der Waals surface area contributed by atoms with Gasteiger partial charge in [0.05, 0.1) is 17.8 Å². The van der Waals surface area contributed by atoms with E-state index >= 15 is 0 Å². The smallest absolute Gasteiger partial charge is 0.212 e. The van der Waals surface area contributed by atoms with E-state index in [0.29, 0.717) is 6.04 Å². The van der Waals surface area contributed by atoms with Gasteiger partial charge < -0.3 is 5.32 Å². The lowest BCUT2D eigenvalue weighted by Crippen LogP contribution is -2.29. The zero-order valence-corrected chi connectivity index (χ0v) is 14.7. The van der Waals surface area contributed by atoms with Crippen LogP contribution in [0.25, 0.3) is 27.8 Å². The highest BCUT2D eigenvalue weighted by Crippen LogP contribution is 2.30. The highest BCUT2D eigenvalue weighted by molar-refractivity contribution is 5.83. The summed E-state index contributed by atoms with van der Waals surface area (Å²) in [5.74, 6) is -0.484. The number of hydrogen-bond donors (Lipinski definition) is 1. The lowest BCUT2D eigenvalue weighted by atomic mass is 10.0. The summed E-state index contributed by atoms with van der Waals surface area (Å²) in [6.07, 6.45) is 11.5. The first-order chi connectivity index (χ1) is 13.3. The van der Waals surface area contributed by atoms with E-state index in [2.05, 4.69) is 37.4 Å². The first-order valence-electron chi connectivity index (χ1n) is 9.12. The summed E-state index contributed by atoms with van der Waals surface area (Å²) in [7, 11) is 0. The molecule has 0 atom stereocenters. The minimum absolute atomic E-state index is 0.439. The fraction of sp³-hybridized carbons (Fsp3) is 0.250. The van der Waals surface area contributed by atoms with Crippen molar-refractivity contribution in [3.8, 4) is 22.3 Å². The minimum Gasteiger partial charge on any atom is -0.317 e. The van der Waals surface area contributed by atoms with E-state index in [4.69, 9.17) is 0 Å². The number of fused-ring (bicyclic) bond motifs is 1. The summed E-state index contributed by atoms with van der Waals surface area (Å²) in [5, 5.41) is 12.4. The molecule has 5 heterocycles. The molecule has 1 N–H and O–H groups in total. The third-order valence-corrected chi connectivity index (χ3v) is 5.16. The van der Waals surface area contributed by atoms with Gasteiger partial charge in [-0.05, 0) is 50.2 Å². The molecule has 5 rings (SSSR count). The van der Waals surface area contributed by atoms with E-state index in [-0.39, 0.29) is 0 Å². The first kappa shape index (κ1) is 16.1. The van der Waals surface area contributed by atoms with Crippen LogP contribution in [0.4, 0.5) is 4.39 Å². The van der Waals surface area contributed by atoms with Crippen molar-refractivity contribution in [1.82, 2.24) is 29.7 Å². The molecule has 1 aliphatic rings. The summed E-state index contributed by atoms with van der Waals surface area (Å²) in [6.45, 7) is 2.06. The van der Waals surface area contributed by atoms with Crippen molar-refractivity contribution in [2.75, 3.05) is 13.1 Å². The Balaban J connectivity index is 1.58. The molecule has 0 bridgehead atoms. The van der Waals surface area contributed by atoms with Crippen LogP contribution >= 0.6 is 0 Å². The zero-order valence-electron chi connectivity index (χ0n) is 14.7. The quantitative estimate of drug-likeness (QED) is 0.568. The molecular weight excluding hydrogens is 343 g/mol. The summed E-state index contributed by atoms with van der Waals surface area (Å²) >= 11 is 0. The van der Waals surface area contributed by atoms with Crippen LogP contribution in [0, 0.1) is 5.95 Å². The molecule has 136 valence electrons. The summed E-state index contributed by atoms with van der Waals surface area (Å²) in [5.41, 5.74) is 4.84. The number of halogens is 1. The summed E-state index contributed by atoms with van der Waals surface area (Å²) in [4.78, 5) is 3.80. The SMILES string of the molecule is Fc1ccc(-c2cc(-c3cnn(C4CCNCC4)c3)cn3nccc23)cn1. The van der Waals surface area contributed by atoms with E-state index in [1.165, 1.54) is 6.07 Å². The van der Waals surface area contributed by atoms with Crippen LogP contribution in [-0.4, -0.2) is 37.5 Å². The van der Waals surface area contributed by atoms with E-state index in [0.717, 1.165) is 53.7 Å². The number of hydrogen-bond acceptors (Lipinski definition) is 4. The number of nitrogens with one attached hydrogen (secondary N) is 1. The van der Waals surface area contributed by atoms with Crippen LogP contribution in [0.1, 0.15) is 18.9 Å². The van der Waals surface area contributed by atoms with Gasteiger partial charge in [0.1, 0.15) is 0 Å². The third-order valence-electron chi connectivity index (χ3n) is 5.16. The molecule has 4 aromatic heterocycles. The molecule has 27 heavy (non-hydrogen) atoms. The van der Waals surface area contributed by atoms with Crippen LogP contribution in [0.15, 0.2) is 55.2 Å². The summed E-state index contributed by atoms with van der Waals surface area (Å²) < 4.78 is 17.2. The van der Waals surface area contributed by atoms with Crippen LogP contribution < -0.4 is 5.32 Å². The zero-order chi connectivity index (χ0) is 18.2. The fourth-order valence-corrected chi connectivity index (χ4v) is 3.71. The molecule has 0 radical (unpaired) electrons. The number of rotatable bonds is 3. The molecule has 1 saturated heterocycles. The van der Waals surface area contributed by atoms with Crippen LogP contribution in [-0.2, 0) is 0 Å². The maximum atomic E-state index is 13.2. The van der Waals surface area contributed by atoms with E-state index in [1.54, 1.807) is 18.5 Å². The number of nitrogens with zero attached hydrogens (tertiary/aromatic N) is 5. The van der Waals surface area contributed by atoms with E-state index < -0.39 is 5.95 Å². The van der Waals surface area contributed by atoms with Gasteiger partial charge in [-0.1, -0.05) is 0 Å². The Morgan fingerprint density at radius 1 is 0.963 bits per heavy atom. The van der Waals surface area contributed by atoms with Crippen molar-refractivity contribution < 1.29 is 4.39 Å². The van der Waals surface area contributed by atoms with Gasteiger partial charge in [0.2, 0.25) is 5.95 Å². The monoisotopic (exact) mass is 362 g/mol. The van der Waals surface area contributed by atoms with Gasteiger partial charge in [0.15, 0.2) is 0 Å². The Labute approximate surface area is 155 Å². The summed E-state index contributed by atoms with van der Waals surface area (Å²) in [6, 6.07) is 7.60. The van der Waals surface area contributed by atoms with Gasteiger partial charge in [-0.15, -0.1) is 0 Å². The molecule has 7 heteroatoms. The standard InChI is InChI=1S/C20H19FN6/c21-20-2-1-14(10-23-20)18-9-15(12-27-19(18)5-8-24-27)16-11-25-26(13-16)17-3-6-22-7-4-17/h1-2,5,8-13,17,22H,3-4,6-7H2. The fourth-order valence-electron chi connectivity index (χ4n) is 3.71. The van der Waals surface area contributed by atoms with Gasteiger partial charge in [-0.2, -0.15) is 14.6 Å². The molecule has 4 aromatic rings. The van der Waals surface area contributed by atoms with Gasteiger partial charge in [-0.25, -0.2) is 9.50 Å². The Hall–Kier alpha value is -3.06. The van der Waals surface area contributed by atoms with Gasteiger partial charge in [-0.3, -0.25) is 4.68 Å². The van der Waals surface area contributed by atoms with Crippen molar-refractivity contribution in [1.29, 1.82) is 0 Å². The second kappa shape index (κ2) is 6.59. The molecule has 0 unspecified atom stereocenters. The molecule has 0 amide bonds. The van der Waals surface area contributed by atoms with Crippen LogP contribution in [0.5, 0.6) is 0 Å². The molecule has 0 aromatic carbocycles. The number of pyridine rings is 2. The van der Waals surface area contributed by atoms with Crippen molar-refractivity contribution in [2.45, 2.75) is 18.9 Å². The van der Waals surface area contributed by atoms with Crippen molar-refractivity contribution in [3.05, 3.63) is 61.2 Å². The predicted molar refractivity (Wildman–Crippen MR) is 101 cm³/mol. The predicted octanol–water partition coefficient (Wildman–Crippen LogP) is 3.32. The Kier molecular flexibility index (Phi) is 3.94. The third kappa shape index (κ3) is 3.00. The maximum Gasteiger partial charge on any atom is 0.212 e. The van der Waals surface area contributed by atoms with Gasteiger partial charge >= 0.3 is 0 Å². The largest absolute Gasteiger partial charge is 0.317 e. The van der Waals surface area contributed by atoms with E-state index in [9.17, 15) is 4.39 Å². The Bertz CT molecular complexity index is 1080. The van der Waals surface area contributed by atoms with Crippen molar-refractivity contribution in [3.63, 3.8) is 0 Å². The highest BCUT2D eigenvalue weighted by atomic mass is 19.1. The van der Waals surface area contributed by atoms with Crippen LogP contribution in [0.2, 0.25) is 0 Å². The molecule has 6 nitrogen and oxygen atoms in total.